The highest BCUT2D eigenvalue weighted by Crippen LogP contribution is 2.20. The topological polar surface area (TPSA) is 86.2 Å². The lowest BCUT2D eigenvalue weighted by Crippen LogP contribution is -2.12. The first-order chi connectivity index (χ1) is 9.49. The van der Waals surface area contributed by atoms with Gasteiger partial charge in [0.2, 0.25) is 5.91 Å². The zero-order valence-electron chi connectivity index (χ0n) is 11.1. The minimum Gasteiger partial charge on any atom is -0.398 e. The Hall–Kier alpha value is -2.14. The van der Waals surface area contributed by atoms with E-state index in [9.17, 15) is 9.00 Å². The Balaban J connectivity index is 2.25. The van der Waals surface area contributed by atoms with Crippen LogP contribution in [0.25, 0.3) is 0 Å². The quantitative estimate of drug-likeness (QED) is 0.843. The maximum Gasteiger partial charge on any atom is 0.248 e. The number of hydrogen-bond acceptors (Lipinski definition) is 3. The van der Waals surface area contributed by atoms with E-state index in [2.05, 4.69) is 0 Å². The molecule has 0 saturated heterocycles. The van der Waals surface area contributed by atoms with E-state index >= 15 is 0 Å². The van der Waals surface area contributed by atoms with Crippen molar-refractivity contribution < 1.29 is 9.00 Å². The Labute approximate surface area is 120 Å². The van der Waals surface area contributed by atoms with E-state index in [1.54, 1.807) is 12.1 Å². The van der Waals surface area contributed by atoms with Crippen molar-refractivity contribution in [2.45, 2.75) is 17.6 Å². The molecule has 2 rings (SSSR count). The summed E-state index contributed by atoms with van der Waals surface area (Å²) < 4.78 is 12.4. The summed E-state index contributed by atoms with van der Waals surface area (Å²) in [6.07, 6.45) is 0. The third-order valence-corrected chi connectivity index (χ3v) is 4.58. The predicted octanol–water partition coefficient (Wildman–Crippen LogP) is 1.98. The predicted molar refractivity (Wildman–Crippen MR) is 80.7 cm³/mol. The Morgan fingerprint density at radius 2 is 1.90 bits per heavy atom. The first kappa shape index (κ1) is 14.3. The Bertz CT molecular complexity index is 683. The van der Waals surface area contributed by atoms with E-state index in [1.807, 2.05) is 31.2 Å². The van der Waals surface area contributed by atoms with Crippen LogP contribution in [0.1, 0.15) is 21.5 Å². The first-order valence-electron chi connectivity index (χ1n) is 6.11. The maximum absolute atomic E-state index is 12.4. The van der Waals surface area contributed by atoms with Gasteiger partial charge in [0.15, 0.2) is 0 Å². The van der Waals surface area contributed by atoms with Crippen molar-refractivity contribution in [2.24, 2.45) is 5.73 Å². The molecule has 0 aliphatic carbocycles. The molecule has 1 atom stereocenters. The molecule has 1 unspecified atom stereocenters. The molecule has 0 aliphatic rings. The van der Waals surface area contributed by atoms with Crippen LogP contribution in [0.15, 0.2) is 47.4 Å². The Morgan fingerprint density at radius 1 is 1.20 bits per heavy atom. The van der Waals surface area contributed by atoms with Gasteiger partial charge in [0, 0.05) is 16.1 Å². The highest BCUT2D eigenvalue weighted by Gasteiger charge is 2.11. The van der Waals surface area contributed by atoms with Gasteiger partial charge in [-0.05, 0) is 36.2 Å². The van der Waals surface area contributed by atoms with Crippen molar-refractivity contribution >= 4 is 22.4 Å². The number of amides is 1. The summed E-state index contributed by atoms with van der Waals surface area (Å²) in [5.41, 5.74) is 13.6. The molecule has 4 nitrogen and oxygen atoms in total. The van der Waals surface area contributed by atoms with E-state index in [4.69, 9.17) is 11.5 Å². The van der Waals surface area contributed by atoms with Crippen LogP contribution in [-0.4, -0.2) is 10.1 Å². The van der Waals surface area contributed by atoms with Crippen molar-refractivity contribution in [3.8, 4) is 0 Å². The number of benzene rings is 2. The summed E-state index contributed by atoms with van der Waals surface area (Å²) >= 11 is 0. The molecule has 4 N–H and O–H groups in total. The summed E-state index contributed by atoms with van der Waals surface area (Å²) in [6.45, 7) is 1.92. The van der Waals surface area contributed by atoms with Crippen LogP contribution in [0.2, 0.25) is 0 Å². The van der Waals surface area contributed by atoms with Gasteiger partial charge in [0.1, 0.15) is 0 Å². The van der Waals surface area contributed by atoms with Crippen molar-refractivity contribution in [2.75, 3.05) is 5.73 Å². The van der Waals surface area contributed by atoms with Crippen LogP contribution < -0.4 is 11.5 Å². The number of nitrogen functional groups attached to an aromatic ring is 1. The summed E-state index contributed by atoms with van der Waals surface area (Å²) in [7, 11) is -1.17. The fourth-order valence-electron chi connectivity index (χ4n) is 1.91. The van der Waals surface area contributed by atoms with Crippen LogP contribution in [-0.2, 0) is 16.6 Å². The minimum absolute atomic E-state index is 0.315. The zero-order valence-corrected chi connectivity index (χ0v) is 11.9. The fourth-order valence-corrected chi connectivity index (χ4v) is 3.27. The number of nitrogens with two attached hydrogens (primary N) is 2. The van der Waals surface area contributed by atoms with Crippen LogP contribution >= 0.6 is 0 Å². The van der Waals surface area contributed by atoms with Gasteiger partial charge >= 0.3 is 0 Å². The lowest BCUT2D eigenvalue weighted by atomic mass is 10.1. The molecule has 0 radical (unpaired) electrons. The monoisotopic (exact) mass is 288 g/mol. The second-order valence-electron chi connectivity index (χ2n) is 4.53. The molecule has 2 aromatic carbocycles. The van der Waals surface area contributed by atoms with Gasteiger partial charge in [-0.25, -0.2) is 0 Å². The molecule has 0 aromatic heterocycles. The third kappa shape index (κ3) is 3.05. The normalized spacial score (nSPS) is 12.1. The van der Waals surface area contributed by atoms with Crippen LogP contribution in [0, 0.1) is 6.92 Å². The largest absolute Gasteiger partial charge is 0.398 e. The van der Waals surface area contributed by atoms with Crippen LogP contribution in [0.3, 0.4) is 0 Å². The second kappa shape index (κ2) is 5.88. The Kier molecular flexibility index (Phi) is 4.20. The smallest absolute Gasteiger partial charge is 0.248 e. The van der Waals surface area contributed by atoms with E-state index in [-0.39, 0.29) is 0 Å². The standard InChI is InChI=1S/C15H16N2O2S/c1-10-4-2-3-5-14(10)20(19)9-12-7-6-11(15(17)18)8-13(12)16/h2-8H,9,16H2,1H3,(H2,17,18). The van der Waals surface area contributed by atoms with Gasteiger partial charge in [-0.2, -0.15) is 0 Å². The molecule has 5 heteroatoms. The van der Waals surface area contributed by atoms with Gasteiger partial charge < -0.3 is 11.5 Å². The summed E-state index contributed by atoms with van der Waals surface area (Å²) in [5.74, 6) is -0.210. The van der Waals surface area contributed by atoms with E-state index < -0.39 is 16.7 Å². The van der Waals surface area contributed by atoms with Gasteiger partial charge in [-0.3, -0.25) is 9.00 Å². The first-order valence-corrected chi connectivity index (χ1v) is 7.43. The van der Waals surface area contributed by atoms with E-state index in [1.165, 1.54) is 6.07 Å². The number of anilines is 1. The minimum atomic E-state index is -1.17. The molecule has 0 bridgehead atoms. The highest BCUT2D eigenvalue weighted by molar-refractivity contribution is 7.84. The number of carbonyl (C=O) groups excluding carboxylic acids is 1. The number of carbonyl (C=O) groups is 1. The van der Waals surface area contributed by atoms with Crippen molar-refractivity contribution in [1.29, 1.82) is 0 Å². The molecular weight excluding hydrogens is 272 g/mol. The molecule has 0 saturated carbocycles. The SMILES string of the molecule is Cc1ccccc1S(=O)Cc1ccc(C(N)=O)cc1N. The van der Waals surface area contributed by atoms with Crippen LogP contribution in [0.5, 0.6) is 0 Å². The summed E-state index contributed by atoms with van der Waals surface area (Å²) in [4.78, 5) is 11.9. The molecule has 2 aromatic rings. The van der Waals surface area contributed by atoms with Crippen molar-refractivity contribution in [1.82, 2.24) is 0 Å². The van der Waals surface area contributed by atoms with Gasteiger partial charge in [-0.15, -0.1) is 0 Å². The number of primary amides is 1. The van der Waals surface area contributed by atoms with E-state index in [0.717, 1.165) is 16.0 Å². The molecule has 0 spiro atoms. The lowest BCUT2D eigenvalue weighted by molar-refractivity contribution is 0.100. The average Bonchev–Trinajstić information content (AvgIpc) is 2.41. The molecule has 20 heavy (non-hydrogen) atoms. The number of aryl methyl sites for hydroxylation is 1. The Morgan fingerprint density at radius 3 is 2.50 bits per heavy atom. The molecule has 1 amide bonds. The molecule has 0 fully saturated rings. The van der Waals surface area contributed by atoms with Crippen LogP contribution in [0.4, 0.5) is 5.69 Å². The number of rotatable bonds is 4. The van der Waals surface area contributed by atoms with Gasteiger partial charge in [-0.1, -0.05) is 24.3 Å². The highest BCUT2D eigenvalue weighted by atomic mass is 32.2. The second-order valence-corrected chi connectivity index (χ2v) is 5.95. The summed E-state index contributed by atoms with van der Waals surface area (Å²) in [5, 5.41) is 0. The van der Waals surface area contributed by atoms with Crippen molar-refractivity contribution in [3.63, 3.8) is 0 Å². The molecule has 104 valence electrons. The molecular formula is C15H16N2O2S. The fraction of sp³-hybridized carbons (Fsp3) is 0.133. The third-order valence-electron chi connectivity index (χ3n) is 3.06. The van der Waals surface area contributed by atoms with Gasteiger partial charge in [0.25, 0.3) is 0 Å². The lowest BCUT2D eigenvalue weighted by Gasteiger charge is -2.09. The maximum atomic E-state index is 12.4. The summed E-state index contributed by atoms with van der Waals surface area (Å²) in [6, 6.07) is 12.4. The average molecular weight is 288 g/mol. The zero-order chi connectivity index (χ0) is 14.7. The van der Waals surface area contributed by atoms with Crippen molar-refractivity contribution in [3.05, 3.63) is 59.2 Å². The van der Waals surface area contributed by atoms with Gasteiger partial charge in [0.05, 0.1) is 16.6 Å². The molecule has 0 aliphatic heterocycles. The molecule has 0 heterocycles. The number of hydrogen-bond donors (Lipinski definition) is 2. The van der Waals surface area contributed by atoms with E-state index in [0.29, 0.717) is 17.0 Å².